The molecule has 8 nitrogen and oxygen atoms in total. The lowest BCUT2D eigenvalue weighted by Crippen LogP contribution is -2.13. The summed E-state index contributed by atoms with van der Waals surface area (Å²) in [5.41, 5.74) is 3.03. The van der Waals surface area contributed by atoms with Crippen molar-refractivity contribution in [1.29, 1.82) is 0 Å². The van der Waals surface area contributed by atoms with Gasteiger partial charge in [-0.3, -0.25) is 4.98 Å². The van der Waals surface area contributed by atoms with Crippen LogP contribution in [0.1, 0.15) is 18.1 Å². The summed E-state index contributed by atoms with van der Waals surface area (Å²) in [7, 11) is 0. The molecule has 0 bridgehead atoms. The fourth-order valence-electron chi connectivity index (χ4n) is 2.94. The van der Waals surface area contributed by atoms with Crippen molar-refractivity contribution in [2.24, 2.45) is 0 Å². The van der Waals surface area contributed by atoms with Crippen LogP contribution in [0, 0.1) is 0 Å². The summed E-state index contributed by atoms with van der Waals surface area (Å²) in [6, 6.07) is 19.6. The van der Waals surface area contributed by atoms with Crippen LogP contribution in [0.3, 0.4) is 0 Å². The molecular weight excluding hydrogens is 380 g/mol. The Kier molecular flexibility index (Phi) is 6.26. The topological polar surface area (TPSA) is 87.0 Å². The van der Waals surface area contributed by atoms with E-state index in [1.54, 1.807) is 10.9 Å². The molecule has 8 heteroatoms. The standard InChI is InChI=1S/C22H22N6O2/c1-2-29-21-13-17(14-24-16-18-7-6-12-23-15-18)10-11-20(21)30-22-25-26-27-28(22)19-8-4-3-5-9-19/h3-13,15,24H,2,14,16H2,1H3. The quantitative estimate of drug-likeness (QED) is 0.458. The number of benzene rings is 2. The summed E-state index contributed by atoms with van der Waals surface area (Å²) in [6.45, 7) is 3.89. The Morgan fingerprint density at radius 1 is 0.933 bits per heavy atom. The number of pyridine rings is 1. The number of rotatable bonds is 9. The molecule has 0 saturated carbocycles. The first-order chi connectivity index (χ1) is 14.8. The van der Waals surface area contributed by atoms with Gasteiger partial charge in [-0.05, 0) is 58.8 Å². The van der Waals surface area contributed by atoms with E-state index >= 15 is 0 Å². The molecule has 0 amide bonds. The first kappa shape index (κ1) is 19.5. The molecule has 30 heavy (non-hydrogen) atoms. The molecule has 0 aliphatic carbocycles. The predicted molar refractivity (Wildman–Crippen MR) is 112 cm³/mol. The third kappa shape index (κ3) is 4.79. The van der Waals surface area contributed by atoms with E-state index in [1.807, 2.05) is 73.8 Å². The molecule has 0 spiro atoms. The van der Waals surface area contributed by atoms with Gasteiger partial charge in [-0.15, -0.1) is 0 Å². The fraction of sp³-hybridized carbons (Fsp3) is 0.182. The van der Waals surface area contributed by atoms with Gasteiger partial charge in [-0.2, -0.15) is 4.68 Å². The third-order valence-electron chi connectivity index (χ3n) is 4.33. The SMILES string of the molecule is CCOc1cc(CNCc2cccnc2)ccc1Oc1nnnn1-c1ccccc1. The average Bonchev–Trinajstić information content (AvgIpc) is 3.25. The van der Waals surface area contributed by atoms with Crippen molar-refractivity contribution >= 4 is 0 Å². The lowest BCUT2D eigenvalue weighted by atomic mass is 10.2. The zero-order valence-corrected chi connectivity index (χ0v) is 16.6. The Hall–Kier alpha value is -3.78. The molecule has 0 aliphatic rings. The molecule has 0 atom stereocenters. The van der Waals surface area contributed by atoms with E-state index in [0.29, 0.717) is 24.7 Å². The van der Waals surface area contributed by atoms with Crippen LogP contribution in [0.2, 0.25) is 0 Å². The van der Waals surface area contributed by atoms with Gasteiger partial charge in [0.1, 0.15) is 0 Å². The van der Waals surface area contributed by atoms with Gasteiger partial charge in [0.15, 0.2) is 11.5 Å². The minimum absolute atomic E-state index is 0.268. The highest BCUT2D eigenvalue weighted by molar-refractivity contribution is 5.45. The van der Waals surface area contributed by atoms with Crippen LogP contribution < -0.4 is 14.8 Å². The van der Waals surface area contributed by atoms with E-state index in [-0.39, 0.29) is 6.01 Å². The molecule has 0 unspecified atom stereocenters. The Labute approximate surface area is 174 Å². The Morgan fingerprint density at radius 2 is 1.80 bits per heavy atom. The second-order valence-corrected chi connectivity index (χ2v) is 6.49. The summed E-state index contributed by atoms with van der Waals surface area (Å²) in [6.07, 6.45) is 3.62. The second kappa shape index (κ2) is 9.62. The zero-order valence-electron chi connectivity index (χ0n) is 16.6. The molecule has 152 valence electrons. The predicted octanol–water partition coefficient (Wildman–Crippen LogP) is 3.54. The van der Waals surface area contributed by atoms with Gasteiger partial charge in [0, 0.05) is 25.5 Å². The van der Waals surface area contributed by atoms with Crippen molar-refractivity contribution in [3.63, 3.8) is 0 Å². The number of tetrazole rings is 1. The highest BCUT2D eigenvalue weighted by Crippen LogP contribution is 2.32. The smallest absolute Gasteiger partial charge is 0.346 e. The Morgan fingerprint density at radius 3 is 2.60 bits per heavy atom. The monoisotopic (exact) mass is 402 g/mol. The van der Waals surface area contributed by atoms with Crippen LogP contribution in [0.5, 0.6) is 17.5 Å². The van der Waals surface area contributed by atoms with Gasteiger partial charge in [0.25, 0.3) is 0 Å². The number of aromatic nitrogens is 5. The maximum atomic E-state index is 5.99. The first-order valence-electron chi connectivity index (χ1n) is 9.70. The van der Waals surface area contributed by atoms with Gasteiger partial charge < -0.3 is 14.8 Å². The number of hydrogen-bond acceptors (Lipinski definition) is 7. The molecule has 2 aromatic heterocycles. The van der Waals surface area contributed by atoms with E-state index in [4.69, 9.17) is 9.47 Å². The van der Waals surface area contributed by atoms with Gasteiger partial charge >= 0.3 is 6.01 Å². The maximum Gasteiger partial charge on any atom is 0.346 e. The molecule has 2 aromatic carbocycles. The fourth-order valence-corrected chi connectivity index (χ4v) is 2.94. The van der Waals surface area contributed by atoms with Gasteiger partial charge in [-0.25, -0.2) is 0 Å². The molecule has 0 radical (unpaired) electrons. The van der Waals surface area contributed by atoms with Gasteiger partial charge in [0.05, 0.1) is 12.3 Å². The minimum Gasteiger partial charge on any atom is -0.490 e. The average molecular weight is 402 g/mol. The lowest BCUT2D eigenvalue weighted by Gasteiger charge is -2.13. The number of nitrogens with zero attached hydrogens (tertiary/aromatic N) is 5. The number of para-hydroxylation sites is 1. The number of nitrogens with one attached hydrogen (secondary N) is 1. The van der Waals surface area contributed by atoms with Crippen molar-refractivity contribution < 1.29 is 9.47 Å². The van der Waals surface area contributed by atoms with E-state index < -0.39 is 0 Å². The molecule has 1 N–H and O–H groups in total. The summed E-state index contributed by atoms with van der Waals surface area (Å²) in [4.78, 5) is 4.13. The molecule has 0 aliphatic heterocycles. The normalized spacial score (nSPS) is 10.7. The van der Waals surface area contributed by atoms with E-state index in [2.05, 4.69) is 25.8 Å². The summed E-state index contributed by atoms with van der Waals surface area (Å²) >= 11 is 0. The van der Waals surface area contributed by atoms with Gasteiger partial charge in [-0.1, -0.05) is 35.4 Å². The van der Waals surface area contributed by atoms with Crippen molar-refractivity contribution in [2.45, 2.75) is 20.0 Å². The van der Waals surface area contributed by atoms with Crippen LogP contribution in [-0.2, 0) is 13.1 Å². The first-order valence-corrected chi connectivity index (χ1v) is 9.70. The number of ether oxygens (including phenoxy) is 2. The molecule has 4 aromatic rings. The van der Waals surface area contributed by atoms with Crippen molar-refractivity contribution in [1.82, 2.24) is 30.5 Å². The van der Waals surface area contributed by atoms with Gasteiger partial charge in [0.2, 0.25) is 0 Å². The van der Waals surface area contributed by atoms with Crippen molar-refractivity contribution in [2.75, 3.05) is 6.61 Å². The highest BCUT2D eigenvalue weighted by atomic mass is 16.5. The summed E-state index contributed by atoms with van der Waals surface area (Å²) in [5, 5.41) is 15.2. The largest absolute Gasteiger partial charge is 0.490 e. The molecule has 0 fully saturated rings. The maximum absolute atomic E-state index is 5.99. The van der Waals surface area contributed by atoms with E-state index in [0.717, 1.165) is 23.4 Å². The highest BCUT2D eigenvalue weighted by Gasteiger charge is 2.14. The van der Waals surface area contributed by atoms with Crippen molar-refractivity contribution in [3.05, 3.63) is 84.2 Å². The van der Waals surface area contributed by atoms with Crippen LogP contribution in [0.15, 0.2) is 73.1 Å². The third-order valence-corrected chi connectivity index (χ3v) is 4.33. The Balaban J connectivity index is 1.48. The molecule has 0 saturated heterocycles. The van der Waals surface area contributed by atoms with Crippen molar-refractivity contribution in [3.8, 4) is 23.2 Å². The summed E-state index contributed by atoms with van der Waals surface area (Å²) < 4.78 is 13.3. The molecule has 2 heterocycles. The second-order valence-electron chi connectivity index (χ2n) is 6.49. The van der Waals surface area contributed by atoms with Crippen LogP contribution >= 0.6 is 0 Å². The zero-order chi connectivity index (χ0) is 20.6. The lowest BCUT2D eigenvalue weighted by molar-refractivity contribution is 0.315. The van der Waals surface area contributed by atoms with E-state index in [9.17, 15) is 0 Å². The van der Waals surface area contributed by atoms with Crippen LogP contribution in [0.4, 0.5) is 0 Å². The van der Waals surface area contributed by atoms with Crippen LogP contribution in [0.25, 0.3) is 5.69 Å². The molecule has 4 rings (SSSR count). The number of hydrogen-bond donors (Lipinski definition) is 1. The van der Waals surface area contributed by atoms with E-state index in [1.165, 1.54) is 0 Å². The van der Waals surface area contributed by atoms with Crippen LogP contribution in [-0.4, -0.2) is 31.8 Å². The minimum atomic E-state index is 0.268. The molecular formula is C22H22N6O2. The Bertz CT molecular complexity index is 1070. The summed E-state index contributed by atoms with van der Waals surface area (Å²) in [5.74, 6) is 1.20.